The number of ether oxygens (including phenoxy) is 2. The molecule has 0 aliphatic carbocycles. The fourth-order valence-electron chi connectivity index (χ4n) is 3.86. The molecule has 1 aromatic carbocycles. The lowest BCUT2D eigenvalue weighted by Crippen LogP contribution is -2.27. The van der Waals surface area contributed by atoms with E-state index in [1.54, 1.807) is 30.3 Å². The van der Waals surface area contributed by atoms with Gasteiger partial charge < -0.3 is 14.8 Å². The van der Waals surface area contributed by atoms with E-state index in [0.29, 0.717) is 46.0 Å². The van der Waals surface area contributed by atoms with Gasteiger partial charge in [0, 0.05) is 19.3 Å². The van der Waals surface area contributed by atoms with Gasteiger partial charge in [0.05, 0.1) is 30.2 Å². The molecule has 1 N–H and O–H groups in total. The van der Waals surface area contributed by atoms with Gasteiger partial charge >= 0.3 is 0 Å². The Balaban J connectivity index is 1.64. The lowest BCUT2D eigenvalue weighted by Gasteiger charge is -2.15. The zero-order valence-corrected chi connectivity index (χ0v) is 22.9. The topological polar surface area (TPSA) is 85.2 Å². The number of benzene rings is 1. The Morgan fingerprint density at radius 2 is 1.95 bits per heavy atom. The molecule has 3 heterocycles. The molecular weight excluding hydrogens is 508 g/mol. The number of aromatic nitrogens is 2. The molecule has 3 aromatic rings. The third-order valence-electron chi connectivity index (χ3n) is 5.80. The third kappa shape index (κ3) is 6.20. The minimum Gasteiger partial charge on any atom is -0.497 e. The summed E-state index contributed by atoms with van der Waals surface area (Å²) in [4.78, 5) is 33.5. The van der Waals surface area contributed by atoms with Crippen LogP contribution in [0, 0.1) is 6.92 Å². The van der Waals surface area contributed by atoms with Crippen LogP contribution in [-0.4, -0.2) is 50.9 Å². The molecule has 0 atom stereocenters. The van der Waals surface area contributed by atoms with Crippen molar-refractivity contribution in [3.63, 3.8) is 0 Å². The monoisotopic (exact) mass is 538 g/mol. The molecule has 1 saturated heterocycles. The van der Waals surface area contributed by atoms with E-state index in [-0.39, 0.29) is 17.6 Å². The number of amides is 1. The van der Waals surface area contributed by atoms with Gasteiger partial charge in [-0.05, 0) is 62.6 Å². The summed E-state index contributed by atoms with van der Waals surface area (Å²) >= 11 is 6.70. The van der Waals surface area contributed by atoms with Gasteiger partial charge in [-0.15, -0.1) is 0 Å². The van der Waals surface area contributed by atoms with Gasteiger partial charge in [0.15, 0.2) is 0 Å². The summed E-state index contributed by atoms with van der Waals surface area (Å²) in [6, 6.07) is 11.2. The first-order valence-corrected chi connectivity index (χ1v) is 13.3. The number of methoxy groups -OCH3 is 1. The van der Waals surface area contributed by atoms with Crippen molar-refractivity contribution < 1.29 is 14.3 Å². The molecule has 0 bridgehead atoms. The quantitative estimate of drug-likeness (QED) is 0.227. The number of carbonyl (C=O) groups excluding carboxylic acids is 1. The number of aryl methyl sites for hydroxylation is 1. The molecule has 4 rings (SSSR count). The predicted octanol–water partition coefficient (Wildman–Crippen LogP) is 4.64. The van der Waals surface area contributed by atoms with Crippen molar-refractivity contribution in [3.8, 4) is 5.75 Å². The van der Waals surface area contributed by atoms with Crippen LogP contribution in [0.1, 0.15) is 37.0 Å². The number of nitrogens with one attached hydrogen (secondary N) is 1. The molecule has 194 valence electrons. The average Bonchev–Trinajstić information content (AvgIpc) is 3.14. The number of hydrogen-bond donors (Lipinski definition) is 1. The molecule has 37 heavy (non-hydrogen) atoms. The highest BCUT2D eigenvalue weighted by Gasteiger charge is 2.32. The Kier molecular flexibility index (Phi) is 8.63. The predicted molar refractivity (Wildman–Crippen MR) is 152 cm³/mol. The van der Waals surface area contributed by atoms with Gasteiger partial charge in [-0.2, -0.15) is 0 Å². The molecule has 1 amide bonds. The van der Waals surface area contributed by atoms with E-state index in [1.165, 1.54) is 16.2 Å². The zero-order chi connectivity index (χ0) is 26.5. The maximum atomic E-state index is 13.5. The van der Waals surface area contributed by atoms with Crippen LogP contribution in [0.4, 0.5) is 5.82 Å². The number of rotatable bonds is 10. The summed E-state index contributed by atoms with van der Waals surface area (Å²) in [5.41, 5.74) is 2.43. The lowest BCUT2D eigenvalue weighted by molar-refractivity contribution is -0.122. The van der Waals surface area contributed by atoms with E-state index in [1.807, 2.05) is 51.1 Å². The van der Waals surface area contributed by atoms with Crippen LogP contribution in [0.25, 0.3) is 11.7 Å². The number of hydrogen-bond acceptors (Lipinski definition) is 8. The number of fused-ring (bicyclic) bond motifs is 1. The fraction of sp³-hybridized carbons (Fsp3) is 0.333. The first-order valence-electron chi connectivity index (χ1n) is 12.0. The van der Waals surface area contributed by atoms with Gasteiger partial charge in [0.2, 0.25) is 0 Å². The Hall–Kier alpha value is -3.21. The number of carbonyl (C=O) groups is 1. The normalized spacial score (nSPS) is 14.8. The summed E-state index contributed by atoms with van der Waals surface area (Å²) in [6.07, 6.45) is 4.19. The van der Waals surface area contributed by atoms with Gasteiger partial charge in [-0.1, -0.05) is 42.2 Å². The highest BCUT2D eigenvalue weighted by Crippen LogP contribution is 2.34. The Morgan fingerprint density at radius 1 is 1.19 bits per heavy atom. The molecule has 1 fully saturated rings. The van der Waals surface area contributed by atoms with Crippen LogP contribution in [-0.2, 0) is 16.1 Å². The van der Waals surface area contributed by atoms with Crippen LogP contribution in [0.2, 0.25) is 0 Å². The minimum atomic E-state index is -0.255. The van der Waals surface area contributed by atoms with Crippen molar-refractivity contribution >= 4 is 51.7 Å². The van der Waals surface area contributed by atoms with Crippen molar-refractivity contribution in [1.82, 2.24) is 14.3 Å². The van der Waals surface area contributed by atoms with Crippen LogP contribution in [0.3, 0.4) is 0 Å². The SMILES string of the molecule is COc1ccc(CN2C(=O)C(=Cc3c(NCCCOC(C)C)nc4c(C)cccn4c3=O)SC2=S)cc1. The van der Waals surface area contributed by atoms with E-state index in [2.05, 4.69) is 5.32 Å². The maximum absolute atomic E-state index is 13.5. The molecule has 8 nitrogen and oxygen atoms in total. The fourth-order valence-corrected chi connectivity index (χ4v) is 5.09. The van der Waals surface area contributed by atoms with Crippen LogP contribution in [0.15, 0.2) is 52.3 Å². The van der Waals surface area contributed by atoms with E-state index in [9.17, 15) is 9.59 Å². The Bertz CT molecular complexity index is 1400. The highest BCUT2D eigenvalue weighted by molar-refractivity contribution is 8.26. The summed E-state index contributed by atoms with van der Waals surface area (Å²) in [7, 11) is 1.61. The minimum absolute atomic E-state index is 0.154. The second-order valence-corrected chi connectivity index (χ2v) is 10.6. The molecule has 1 aliphatic rings. The summed E-state index contributed by atoms with van der Waals surface area (Å²) in [5.74, 6) is 0.935. The van der Waals surface area contributed by atoms with Crippen LogP contribution >= 0.6 is 24.0 Å². The number of thiocarbonyl (C=S) groups is 1. The van der Waals surface area contributed by atoms with E-state index in [0.717, 1.165) is 23.3 Å². The maximum Gasteiger partial charge on any atom is 0.267 e. The molecule has 0 spiro atoms. The third-order valence-corrected chi connectivity index (χ3v) is 7.18. The largest absolute Gasteiger partial charge is 0.497 e. The smallest absolute Gasteiger partial charge is 0.267 e. The molecule has 0 unspecified atom stereocenters. The van der Waals surface area contributed by atoms with Crippen molar-refractivity contribution in [2.24, 2.45) is 0 Å². The first-order chi connectivity index (χ1) is 17.8. The van der Waals surface area contributed by atoms with Crippen molar-refractivity contribution in [2.45, 2.75) is 39.8 Å². The number of anilines is 1. The van der Waals surface area contributed by atoms with Crippen LogP contribution < -0.4 is 15.6 Å². The van der Waals surface area contributed by atoms with Crippen LogP contribution in [0.5, 0.6) is 5.75 Å². The van der Waals surface area contributed by atoms with E-state index < -0.39 is 0 Å². The highest BCUT2D eigenvalue weighted by atomic mass is 32.2. The number of pyridine rings is 1. The van der Waals surface area contributed by atoms with Crippen molar-refractivity contribution in [2.75, 3.05) is 25.6 Å². The second-order valence-electron chi connectivity index (χ2n) is 8.88. The first kappa shape index (κ1) is 26.8. The average molecular weight is 539 g/mol. The Morgan fingerprint density at radius 3 is 2.65 bits per heavy atom. The van der Waals surface area contributed by atoms with Gasteiger partial charge in [-0.25, -0.2) is 4.98 Å². The lowest BCUT2D eigenvalue weighted by atomic mass is 10.2. The van der Waals surface area contributed by atoms with Gasteiger partial charge in [0.1, 0.15) is 21.5 Å². The van der Waals surface area contributed by atoms with Crippen molar-refractivity contribution in [1.29, 1.82) is 0 Å². The summed E-state index contributed by atoms with van der Waals surface area (Å²) < 4.78 is 12.8. The molecule has 2 aromatic heterocycles. The molecule has 0 radical (unpaired) electrons. The van der Waals surface area contributed by atoms with Gasteiger partial charge in [0.25, 0.3) is 11.5 Å². The molecule has 0 saturated carbocycles. The molecule has 10 heteroatoms. The van der Waals surface area contributed by atoms with E-state index in [4.69, 9.17) is 26.7 Å². The van der Waals surface area contributed by atoms with E-state index >= 15 is 0 Å². The summed E-state index contributed by atoms with van der Waals surface area (Å²) in [5, 5.41) is 3.28. The number of nitrogens with zero attached hydrogens (tertiary/aromatic N) is 3. The Labute approximate surface area is 225 Å². The number of thioether (sulfide) groups is 1. The second kappa shape index (κ2) is 11.9. The molecule has 1 aliphatic heterocycles. The standard InChI is InChI=1S/C27H30N4O4S2/c1-17(2)35-14-6-12-28-23-21(25(32)30-13-5-7-18(3)24(30)29-23)15-22-26(33)31(27(36)37-22)16-19-8-10-20(34-4)11-9-19/h5,7-11,13,15,17,28H,6,12,14,16H2,1-4H3. The van der Waals surface area contributed by atoms with Gasteiger partial charge in [-0.3, -0.25) is 18.9 Å². The van der Waals surface area contributed by atoms with Crippen molar-refractivity contribution in [3.05, 3.63) is 74.5 Å². The zero-order valence-electron chi connectivity index (χ0n) is 21.3. The molecular formula is C27H30N4O4S2. The summed E-state index contributed by atoms with van der Waals surface area (Å²) in [6.45, 7) is 7.39.